The molecule has 2 amide bonds. The Kier molecular flexibility index (Phi) is 7.17. The van der Waals surface area contributed by atoms with Gasteiger partial charge in [0.05, 0.1) is 30.2 Å². The Balaban J connectivity index is 1.71. The lowest BCUT2D eigenvalue weighted by molar-refractivity contribution is 0.114. The number of nitrogens with two attached hydrogens (primary N) is 1. The van der Waals surface area contributed by atoms with E-state index in [1.54, 1.807) is 12.3 Å². The van der Waals surface area contributed by atoms with Crippen LogP contribution in [0.3, 0.4) is 0 Å². The number of carbonyl (C=O) groups excluding carboxylic acids is 1. The van der Waals surface area contributed by atoms with Crippen LogP contribution in [0.1, 0.15) is 18.4 Å². The fourth-order valence-corrected chi connectivity index (χ4v) is 4.93. The summed E-state index contributed by atoms with van der Waals surface area (Å²) in [5.74, 6) is -1.02. The highest BCUT2D eigenvalue weighted by Gasteiger charge is 2.23. The Hall–Kier alpha value is -4.15. The van der Waals surface area contributed by atoms with E-state index in [4.69, 9.17) is 5.73 Å². The minimum absolute atomic E-state index is 0.0377. The van der Waals surface area contributed by atoms with Crippen LogP contribution in [0.25, 0.3) is 33.2 Å². The van der Waals surface area contributed by atoms with Crippen LogP contribution in [0.4, 0.5) is 25.0 Å². The summed E-state index contributed by atoms with van der Waals surface area (Å²) in [7, 11) is 1.28. The molecule has 8 nitrogen and oxygen atoms in total. The standard InChI is InChI=1S/C28H28F2N6O2/c1-16-9-18(11-19(29)10-16)23-14-33-25-4-3-17(12-21(25)27(23)36-7-5-20(31)6-8-36)22-13-32-15-24(30)26(22)34-28(37)35-38-2/h3-4,9-15,20H,5-8,31H2,1-2H3,(H2,32,34,35,37). The number of nitrogens with zero attached hydrogens (tertiary/aromatic N) is 3. The highest BCUT2D eigenvalue weighted by molar-refractivity contribution is 6.03. The van der Waals surface area contributed by atoms with E-state index in [1.165, 1.54) is 25.4 Å². The predicted molar refractivity (Wildman–Crippen MR) is 144 cm³/mol. The van der Waals surface area contributed by atoms with Crippen molar-refractivity contribution in [3.8, 4) is 22.3 Å². The van der Waals surface area contributed by atoms with Gasteiger partial charge >= 0.3 is 6.03 Å². The molecular formula is C28H28F2N6O2. The predicted octanol–water partition coefficient (Wildman–Crippen LogP) is 5.16. The molecule has 196 valence electrons. The Bertz CT molecular complexity index is 1480. The summed E-state index contributed by atoms with van der Waals surface area (Å²) in [6.07, 6.45) is 5.93. The van der Waals surface area contributed by atoms with Crippen molar-refractivity contribution in [1.29, 1.82) is 0 Å². The van der Waals surface area contributed by atoms with Gasteiger partial charge in [0.2, 0.25) is 0 Å². The third-order valence-corrected chi connectivity index (χ3v) is 6.69. The third kappa shape index (κ3) is 5.13. The average molecular weight is 519 g/mol. The molecule has 0 spiro atoms. The van der Waals surface area contributed by atoms with Gasteiger partial charge in [-0.3, -0.25) is 14.8 Å². The summed E-state index contributed by atoms with van der Waals surface area (Å²) < 4.78 is 29.2. The van der Waals surface area contributed by atoms with Gasteiger partial charge < -0.3 is 16.0 Å². The molecule has 0 aliphatic carbocycles. The first kappa shape index (κ1) is 25.5. The van der Waals surface area contributed by atoms with Gasteiger partial charge in [-0.15, -0.1) is 0 Å². The number of piperidine rings is 1. The molecule has 1 aliphatic heterocycles. The molecule has 0 bridgehead atoms. The van der Waals surface area contributed by atoms with Crippen molar-refractivity contribution in [2.45, 2.75) is 25.8 Å². The third-order valence-electron chi connectivity index (χ3n) is 6.69. The molecule has 0 saturated carbocycles. The number of benzene rings is 2. The number of hydroxylamine groups is 1. The number of fused-ring (bicyclic) bond motifs is 1. The van der Waals surface area contributed by atoms with Crippen LogP contribution in [0, 0.1) is 18.6 Å². The van der Waals surface area contributed by atoms with Gasteiger partial charge in [-0.25, -0.2) is 19.1 Å². The second-order valence-electron chi connectivity index (χ2n) is 9.40. The molecule has 10 heteroatoms. The smallest absolute Gasteiger partial charge is 0.343 e. The first-order chi connectivity index (χ1) is 18.3. The van der Waals surface area contributed by atoms with E-state index in [9.17, 15) is 13.6 Å². The van der Waals surface area contributed by atoms with E-state index < -0.39 is 11.8 Å². The number of anilines is 2. The summed E-state index contributed by atoms with van der Waals surface area (Å²) in [6, 6.07) is 9.86. The molecule has 4 aromatic rings. The zero-order chi connectivity index (χ0) is 26.8. The van der Waals surface area contributed by atoms with Crippen LogP contribution >= 0.6 is 0 Å². The number of halogens is 2. The Morgan fingerprint density at radius 3 is 2.58 bits per heavy atom. The van der Waals surface area contributed by atoms with Crippen molar-refractivity contribution in [2.24, 2.45) is 5.73 Å². The lowest BCUT2D eigenvalue weighted by atomic mass is 9.95. The number of nitrogens with one attached hydrogen (secondary N) is 2. The summed E-state index contributed by atoms with van der Waals surface area (Å²) in [5, 5.41) is 3.30. The van der Waals surface area contributed by atoms with Crippen LogP contribution in [-0.2, 0) is 4.84 Å². The number of amides is 2. The quantitative estimate of drug-likeness (QED) is 0.315. The van der Waals surface area contributed by atoms with Crippen molar-refractivity contribution in [1.82, 2.24) is 15.4 Å². The molecule has 0 atom stereocenters. The number of urea groups is 1. The second kappa shape index (κ2) is 10.7. The topological polar surface area (TPSA) is 105 Å². The van der Waals surface area contributed by atoms with E-state index in [0.29, 0.717) is 11.1 Å². The van der Waals surface area contributed by atoms with Gasteiger partial charge in [-0.05, 0) is 60.7 Å². The molecule has 0 radical (unpaired) electrons. The lowest BCUT2D eigenvalue weighted by Crippen LogP contribution is -2.40. The first-order valence-electron chi connectivity index (χ1n) is 12.3. The molecule has 0 unspecified atom stereocenters. The zero-order valence-corrected chi connectivity index (χ0v) is 21.1. The van der Waals surface area contributed by atoms with E-state index in [2.05, 4.69) is 30.5 Å². The van der Waals surface area contributed by atoms with Gasteiger partial charge in [0.15, 0.2) is 5.82 Å². The Labute approximate surface area is 218 Å². The molecule has 38 heavy (non-hydrogen) atoms. The van der Waals surface area contributed by atoms with Crippen molar-refractivity contribution < 1.29 is 18.4 Å². The SMILES string of the molecule is CONC(=O)Nc1c(F)cncc1-c1ccc2ncc(-c3cc(C)cc(F)c3)c(N3CCC(N)CC3)c2c1. The average Bonchev–Trinajstić information content (AvgIpc) is 2.89. The van der Waals surface area contributed by atoms with Crippen LogP contribution < -0.4 is 21.4 Å². The first-order valence-corrected chi connectivity index (χ1v) is 12.3. The fraction of sp³-hybridized carbons (Fsp3) is 0.250. The van der Waals surface area contributed by atoms with Gasteiger partial charge in [0, 0.05) is 48.0 Å². The molecule has 1 aliphatic rings. The van der Waals surface area contributed by atoms with E-state index in [0.717, 1.165) is 65.4 Å². The summed E-state index contributed by atoms with van der Waals surface area (Å²) >= 11 is 0. The summed E-state index contributed by atoms with van der Waals surface area (Å²) in [5.41, 5.74) is 13.2. The second-order valence-corrected chi connectivity index (χ2v) is 9.40. The molecule has 2 aromatic heterocycles. The number of hydrogen-bond donors (Lipinski definition) is 3. The fourth-order valence-electron chi connectivity index (χ4n) is 4.93. The molecule has 5 rings (SSSR count). The number of hydrogen-bond acceptors (Lipinski definition) is 6. The van der Waals surface area contributed by atoms with Gasteiger partial charge in [-0.1, -0.05) is 12.1 Å². The Morgan fingerprint density at radius 2 is 1.84 bits per heavy atom. The highest BCUT2D eigenvalue weighted by Crippen LogP contribution is 2.40. The maximum absolute atomic E-state index is 14.8. The maximum atomic E-state index is 14.8. The van der Waals surface area contributed by atoms with Gasteiger partial charge in [-0.2, -0.15) is 0 Å². The normalized spacial score (nSPS) is 14.1. The van der Waals surface area contributed by atoms with Crippen LogP contribution in [-0.4, -0.2) is 42.2 Å². The van der Waals surface area contributed by atoms with E-state index >= 15 is 0 Å². The summed E-state index contributed by atoms with van der Waals surface area (Å²) in [6.45, 7) is 3.32. The van der Waals surface area contributed by atoms with Crippen molar-refractivity contribution in [3.05, 3.63) is 72.2 Å². The molecule has 4 N–H and O–H groups in total. The van der Waals surface area contributed by atoms with E-state index in [-0.39, 0.29) is 17.5 Å². The number of rotatable bonds is 5. The monoisotopic (exact) mass is 518 g/mol. The van der Waals surface area contributed by atoms with E-state index in [1.807, 2.05) is 25.1 Å². The molecule has 1 saturated heterocycles. The molecule has 3 heterocycles. The van der Waals surface area contributed by atoms with Gasteiger partial charge in [0.1, 0.15) is 5.82 Å². The lowest BCUT2D eigenvalue weighted by Gasteiger charge is -2.34. The van der Waals surface area contributed by atoms with Crippen LogP contribution in [0.15, 0.2) is 55.0 Å². The van der Waals surface area contributed by atoms with Gasteiger partial charge in [0.25, 0.3) is 0 Å². The van der Waals surface area contributed by atoms with Crippen molar-refractivity contribution in [3.63, 3.8) is 0 Å². The Morgan fingerprint density at radius 1 is 1.05 bits per heavy atom. The highest BCUT2D eigenvalue weighted by atomic mass is 19.1. The summed E-state index contributed by atoms with van der Waals surface area (Å²) in [4.78, 5) is 27.7. The van der Waals surface area contributed by atoms with Crippen molar-refractivity contribution >= 4 is 28.3 Å². The maximum Gasteiger partial charge on any atom is 0.343 e. The zero-order valence-electron chi connectivity index (χ0n) is 21.1. The molecule has 2 aromatic carbocycles. The number of pyridine rings is 2. The molecule has 1 fully saturated rings. The van der Waals surface area contributed by atoms with Crippen LogP contribution in [0.2, 0.25) is 0 Å². The minimum Gasteiger partial charge on any atom is -0.370 e. The van der Waals surface area contributed by atoms with Crippen LogP contribution in [0.5, 0.6) is 0 Å². The number of aryl methyl sites for hydroxylation is 1. The number of aromatic nitrogens is 2. The largest absolute Gasteiger partial charge is 0.370 e. The molecular weight excluding hydrogens is 490 g/mol. The van der Waals surface area contributed by atoms with Crippen molar-refractivity contribution in [2.75, 3.05) is 30.4 Å². The number of carbonyl (C=O) groups is 1. The minimum atomic E-state index is -0.726.